The third-order valence-corrected chi connectivity index (χ3v) is 4.37. The Bertz CT molecular complexity index is 682. The molecule has 1 unspecified atom stereocenters. The van der Waals surface area contributed by atoms with Crippen LogP contribution in [0.3, 0.4) is 0 Å². The highest BCUT2D eigenvalue weighted by Crippen LogP contribution is 2.31. The van der Waals surface area contributed by atoms with Crippen LogP contribution in [0.5, 0.6) is 5.75 Å². The van der Waals surface area contributed by atoms with Crippen LogP contribution in [0, 0.1) is 0 Å². The molecule has 156 valence electrons. The van der Waals surface area contributed by atoms with E-state index in [2.05, 4.69) is 10.3 Å². The quantitative estimate of drug-likeness (QED) is 0.441. The number of guanidine groups is 1. The number of benzene rings is 1. The van der Waals surface area contributed by atoms with Crippen molar-refractivity contribution in [2.24, 2.45) is 10.7 Å². The van der Waals surface area contributed by atoms with Gasteiger partial charge in [-0.25, -0.2) is 4.79 Å². The normalized spacial score (nSPS) is 16.9. The van der Waals surface area contributed by atoms with Gasteiger partial charge in [0.25, 0.3) is 0 Å². The first-order valence-corrected chi connectivity index (χ1v) is 9.95. The average molecular weight is 391 g/mol. The second kappa shape index (κ2) is 9.66. The molecule has 1 aliphatic rings. The minimum atomic E-state index is -0.503. The summed E-state index contributed by atoms with van der Waals surface area (Å²) in [6.07, 6.45) is 1.26. The van der Waals surface area contributed by atoms with E-state index in [9.17, 15) is 4.79 Å². The molecule has 1 aromatic carbocycles. The highest BCUT2D eigenvalue weighted by atomic mass is 16.6. The molecule has 0 spiro atoms. The number of nitrogens with one attached hydrogen (secondary N) is 1. The van der Waals surface area contributed by atoms with Gasteiger partial charge in [-0.05, 0) is 47.1 Å². The predicted molar refractivity (Wildman–Crippen MR) is 112 cm³/mol. The molecule has 3 N–H and O–H groups in total. The summed E-state index contributed by atoms with van der Waals surface area (Å²) in [6, 6.07) is 8.13. The van der Waals surface area contributed by atoms with Crippen molar-refractivity contribution >= 4 is 12.1 Å². The number of hydrogen-bond donors (Lipinski definition) is 2. The summed E-state index contributed by atoms with van der Waals surface area (Å²) in [5, 5.41) is 3.28. The molecule has 1 amide bonds. The van der Waals surface area contributed by atoms with Crippen LogP contribution < -0.4 is 15.8 Å². The molecule has 0 aliphatic carbocycles. The molecule has 0 saturated carbocycles. The zero-order valence-corrected chi connectivity index (χ0v) is 17.7. The Morgan fingerprint density at radius 2 is 2.11 bits per heavy atom. The maximum Gasteiger partial charge on any atom is 0.410 e. The number of rotatable bonds is 6. The molecule has 28 heavy (non-hydrogen) atoms. The zero-order valence-electron chi connectivity index (χ0n) is 17.7. The van der Waals surface area contributed by atoms with Crippen molar-refractivity contribution in [1.29, 1.82) is 0 Å². The fraction of sp³-hybridized carbons (Fsp3) is 0.619. The number of carbonyl (C=O) groups is 1. The van der Waals surface area contributed by atoms with Gasteiger partial charge in [-0.2, -0.15) is 0 Å². The van der Waals surface area contributed by atoms with E-state index >= 15 is 0 Å². The molecule has 1 heterocycles. The molecule has 7 heteroatoms. The van der Waals surface area contributed by atoms with Crippen LogP contribution in [0.25, 0.3) is 0 Å². The third kappa shape index (κ3) is 6.62. The molecule has 0 radical (unpaired) electrons. The van der Waals surface area contributed by atoms with Gasteiger partial charge < -0.3 is 25.4 Å². The standard InChI is InChI=1S/C21H34N4O3/c1-15(2)25(20(26)28-21(3,4)5)13-8-12-23-19(22)24-17-11-14-27-18-10-7-6-9-16(17)18/h6-7,9-10,15,17H,8,11-14H2,1-5H3,(H3,22,23,24). The lowest BCUT2D eigenvalue weighted by molar-refractivity contribution is 0.0190. The summed E-state index contributed by atoms with van der Waals surface area (Å²) < 4.78 is 11.1. The van der Waals surface area contributed by atoms with E-state index in [0.717, 1.165) is 17.7 Å². The van der Waals surface area contributed by atoms with Crippen LogP contribution in [0.15, 0.2) is 29.3 Å². The van der Waals surface area contributed by atoms with Gasteiger partial charge in [-0.1, -0.05) is 18.2 Å². The lowest BCUT2D eigenvalue weighted by Gasteiger charge is -2.30. The summed E-state index contributed by atoms with van der Waals surface area (Å²) >= 11 is 0. The molecule has 1 aromatic rings. The van der Waals surface area contributed by atoms with Crippen LogP contribution in [-0.4, -0.2) is 48.3 Å². The number of aliphatic imine (C=N–C) groups is 1. The third-order valence-electron chi connectivity index (χ3n) is 4.37. The summed E-state index contributed by atoms with van der Waals surface area (Å²) in [4.78, 5) is 18.5. The minimum Gasteiger partial charge on any atom is -0.493 e. The molecule has 1 aliphatic heterocycles. The molecule has 0 fully saturated rings. The van der Waals surface area contributed by atoms with Crippen molar-refractivity contribution < 1.29 is 14.3 Å². The SMILES string of the molecule is CC(C)N(CCCN=C(N)NC1CCOc2ccccc21)C(=O)OC(C)(C)C. The van der Waals surface area contributed by atoms with Crippen molar-refractivity contribution in [1.82, 2.24) is 10.2 Å². The Hall–Kier alpha value is -2.44. The van der Waals surface area contributed by atoms with E-state index in [-0.39, 0.29) is 18.2 Å². The second-order valence-electron chi connectivity index (χ2n) is 8.26. The number of nitrogens with two attached hydrogens (primary N) is 1. The van der Waals surface area contributed by atoms with Gasteiger partial charge in [0.2, 0.25) is 0 Å². The Morgan fingerprint density at radius 1 is 1.39 bits per heavy atom. The van der Waals surface area contributed by atoms with Crippen LogP contribution in [0.2, 0.25) is 0 Å². The topological polar surface area (TPSA) is 89.2 Å². The molecule has 0 bridgehead atoms. The van der Waals surface area contributed by atoms with Crippen molar-refractivity contribution in [2.45, 2.75) is 65.1 Å². The molecule has 2 rings (SSSR count). The maximum atomic E-state index is 12.3. The van der Waals surface area contributed by atoms with Gasteiger partial charge in [-0.3, -0.25) is 4.99 Å². The lowest BCUT2D eigenvalue weighted by atomic mass is 10.0. The van der Waals surface area contributed by atoms with Gasteiger partial charge in [0, 0.05) is 31.1 Å². The summed E-state index contributed by atoms with van der Waals surface area (Å²) in [5.41, 5.74) is 6.67. The Balaban J connectivity index is 1.84. The van der Waals surface area contributed by atoms with Gasteiger partial charge in [0.05, 0.1) is 12.6 Å². The summed E-state index contributed by atoms with van der Waals surface area (Å²) in [6.45, 7) is 11.3. The zero-order chi connectivity index (χ0) is 20.7. The van der Waals surface area contributed by atoms with Gasteiger partial charge in [0.15, 0.2) is 5.96 Å². The molecular formula is C21H34N4O3. The first-order valence-electron chi connectivity index (χ1n) is 9.95. The first kappa shape index (κ1) is 21.9. The number of nitrogens with zero attached hydrogens (tertiary/aromatic N) is 2. The summed E-state index contributed by atoms with van der Waals surface area (Å²) in [5.74, 6) is 1.30. The number of fused-ring (bicyclic) bond motifs is 1. The van der Waals surface area contributed by atoms with E-state index in [0.29, 0.717) is 32.1 Å². The van der Waals surface area contributed by atoms with Crippen LogP contribution in [-0.2, 0) is 4.74 Å². The monoisotopic (exact) mass is 390 g/mol. The number of ether oxygens (including phenoxy) is 2. The van der Waals surface area contributed by atoms with Crippen LogP contribution >= 0.6 is 0 Å². The van der Waals surface area contributed by atoms with Crippen molar-refractivity contribution in [3.8, 4) is 5.75 Å². The second-order valence-corrected chi connectivity index (χ2v) is 8.26. The number of para-hydroxylation sites is 1. The van der Waals surface area contributed by atoms with Crippen molar-refractivity contribution in [3.63, 3.8) is 0 Å². The predicted octanol–water partition coefficient (Wildman–Crippen LogP) is 3.45. The van der Waals surface area contributed by atoms with Crippen molar-refractivity contribution in [3.05, 3.63) is 29.8 Å². The number of amides is 1. The highest BCUT2D eigenvalue weighted by Gasteiger charge is 2.24. The number of carbonyl (C=O) groups excluding carboxylic acids is 1. The van der Waals surface area contributed by atoms with Gasteiger partial charge in [0.1, 0.15) is 11.4 Å². The molecule has 0 saturated heterocycles. The van der Waals surface area contributed by atoms with Crippen molar-refractivity contribution in [2.75, 3.05) is 19.7 Å². The van der Waals surface area contributed by atoms with E-state index in [1.807, 2.05) is 58.9 Å². The Morgan fingerprint density at radius 3 is 2.79 bits per heavy atom. The van der Waals surface area contributed by atoms with Gasteiger partial charge >= 0.3 is 6.09 Å². The van der Waals surface area contributed by atoms with E-state index in [4.69, 9.17) is 15.2 Å². The van der Waals surface area contributed by atoms with E-state index in [1.54, 1.807) is 4.90 Å². The van der Waals surface area contributed by atoms with Crippen LogP contribution in [0.1, 0.15) is 59.1 Å². The molecular weight excluding hydrogens is 356 g/mol. The minimum absolute atomic E-state index is 0.0630. The number of hydrogen-bond acceptors (Lipinski definition) is 4. The largest absolute Gasteiger partial charge is 0.493 e. The van der Waals surface area contributed by atoms with E-state index < -0.39 is 5.60 Å². The average Bonchev–Trinajstić information content (AvgIpc) is 2.60. The Kier molecular flexibility index (Phi) is 7.54. The van der Waals surface area contributed by atoms with Crippen LogP contribution in [0.4, 0.5) is 4.79 Å². The summed E-state index contributed by atoms with van der Waals surface area (Å²) in [7, 11) is 0. The van der Waals surface area contributed by atoms with Gasteiger partial charge in [-0.15, -0.1) is 0 Å². The fourth-order valence-electron chi connectivity index (χ4n) is 3.04. The first-order chi connectivity index (χ1) is 13.2. The Labute approximate surface area is 168 Å². The molecule has 7 nitrogen and oxygen atoms in total. The fourth-order valence-corrected chi connectivity index (χ4v) is 3.04. The maximum absolute atomic E-state index is 12.3. The highest BCUT2D eigenvalue weighted by molar-refractivity contribution is 5.78. The molecule has 0 aromatic heterocycles. The lowest BCUT2D eigenvalue weighted by Crippen LogP contribution is -2.41. The molecule has 1 atom stereocenters. The smallest absolute Gasteiger partial charge is 0.410 e. The van der Waals surface area contributed by atoms with E-state index in [1.165, 1.54) is 0 Å².